The highest BCUT2D eigenvalue weighted by Gasteiger charge is 2.48. The second kappa shape index (κ2) is 25.2. The van der Waals surface area contributed by atoms with Gasteiger partial charge in [0.2, 0.25) is 0 Å². The molecule has 4 N–H and O–H groups in total. The topological polar surface area (TPSA) is 173 Å². The van der Waals surface area contributed by atoms with Gasteiger partial charge >= 0.3 is 19.8 Å². The minimum Gasteiger partial charge on any atom is -0.465 e. The van der Waals surface area contributed by atoms with Crippen molar-refractivity contribution in [2.75, 3.05) is 18.9 Å². The van der Waals surface area contributed by atoms with Gasteiger partial charge in [-0.25, -0.2) is 9.55 Å². The Labute approximate surface area is 361 Å². The van der Waals surface area contributed by atoms with E-state index in [1.54, 1.807) is 37.3 Å². The first-order chi connectivity index (χ1) is 29.6. The highest BCUT2D eigenvalue weighted by atomic mass is 31.2. The summed E-state index contributed by atoms with van der Waals surface area (Å²) in [6, 6.07) is 16.7. The Morgan fingerprint density at radius 2 is 1.46 bits per heavy atom. The van der Waals surface area contributed by atoms with Crippen LogP contribution in [0.2, 0.25) is 0 Å². The maximum absolute atomic E-state index is 14.7. The number of aromatic nitrogens is 4. The lowest BCUT2D eigenvalue weighted by Crippen LogP contribution is -2.43. The summed E-state index contributed by atoms with van der Waals surface area (Å²) >= 11 is 0. The van der Waals surface area contributed by atoms with Gasteiger partial charge in [-0.1, -0.05) is 165 Å². The molecule has 0 amide bonds. The average molecular weight is 867 g/mol. The van der Waals surface area contributed by atoms with Crippen LogP contribution in [0.25, 0.3) is 11.2 Å². The van der Waals surface area contributed by atoms with Crippen LogP contribution in [-0.2, 0) is 29.8 Å². The third-order valence-electron chi connectivity index (χ3n) is 11.4. The van der Waals surface area contributed by atoms with Gasteiger partial charge < -0.3 is 24.8 Å². The van der Waals surface area contributed by atoms with Crippen molar-refractivity contribution in [3.05, 3.63) is 78.6 Å². The van der Waals surface area contributed by atoms with E-state index in [0.717, 1.165) is 24.8 Å². The number of imidazole rings is 1. The number of carbonyl (C=O) groups excluding carboxylic acids is 1. The van der Waals surface area contributed by atoms with Crippen LogP contribution < -0.4 is 15.3 Å². The minimum absolute atomic E-state index is 0.0521. The second-order valence-corrected chi connectivity index (χ2v) is 18.3. The molecule has 1 fully saturated rings. The molecular formula is C46H68FN6O7P. The second-order valence-electron chi connectivity index (χ2n) is 16.6. The molecule has 5 rings (SSSR count). The molecule has 1 saturated heterocycles. The Balaban J connectivity index is 1.10. The average Bonchev–Trinajstić information content (AvgIpc) is 3.81. The number of anilines is 1. The van der Waals surface area contributed by atoms with E-state index in [1.807, 2.05) is 30.3 Å². The van der Waals surface area contributed by atoms with E-state index in [1.165, 1.54) is 107 Å². The Morgan fingerprint density at radius 3 is 2.05 bits per heavy atom. The van der Waals surface area contributed by atoms with Crippen molar-refractivity contribution in [2.45, 2.75) is 166 Å². The molecule has 5 atom stereocenters. The molecule has 2 aromatic carbocycles. The van der Waals surface area contributed by atoms with Gasteiger partial charge in [-0.15, -0.1) is 0 Å². The summed E-state index contributed by atoms with van der Waals surface area (Å²) in [5.41, 5.74) is 5.53. The number of aliphatic hydroxyl groups is 1. The number of para-hydroxylation sites is 1. The first-order valence-electron chi connectivity index (χ1n) is 22.6. The van der Waals surface area contributed by atoms with Crippen molar-refractivity contribution in [1.82, 2.24) is 24.6 Å². The number of fused-ring (bicyclic) bond motifs is 1. The van der Waals surface area contributed by atoms with E-state index in [0.29, 0.717) is 0 Å². The van der Waals surface area contributed by atoms with Crippen molar-refractivity contribution in [1.29, 1.82) is 0 Å². The fraction of sp³-hybridized carbons (Fsp3) is 0.609. The number of ether oxygens (including phenoxy) is 2. The summed E-state index contributed by atoms with van der Waals surface area (Å²) in [5, 5.41) is 14.1. The van der Waals surface area contributed by atoms with E-state index >= 15 is 0 Å². The SMILES string of the molecule is CCCCCCCCCCCCCCCCCCCCOC(=O)[C@H](Cc1ccccc1)NP(=O)(OC[C@@]1(C)O[C@@H](n2cnc3c(N)nc(F)nc32)C[C@@H]1O)Oc1ccccc1. The molecule has 336 valence electrons. The largest absolute Gasteiger partial charge is 0.465 e. The number of nitrogen functional groups attached to an aromatic ring is 1. The van der Waals surface area contributed by atoms with Crippen LogP contribution in [-0.4, -0.2) is 61.6 Å². The predicted molar refractivity (Wildman–Crippen MR) is 236 cm³/mol. The number of carbonyl (C=O) groups is 1. The lowest BCUT2D eigenvalue weighted by molar-refractivity contribution is -0.146. The van der Waals surface area contributed by atoms with Crippen LogP contribution in [0, 0.1) is 6.08 Å². The van der Waals surface area contributed by atoms with Crippen LogP contribution in [0.5, 0.6) is 5.75 Å². The maximum atomic E-state index is 14.7. The number of benzene rings is 2. The van der Waals surface area contributed by atoms with E-state index in [4.69, 9.17) is 24.3 Å². The first-order valence-corrected chi connectivity index (χ1v) is 24.1. The smallest absolute Gasteiger partial charge is 0.459 e. The van der Waals surface area contributed by atoms with Gasteiger partial charge in [-0.2, -0.15) is 19.4 Å². The molecule has 13 nitrogen and oxygen atoms in total. The number of hydrogen-bond acceptors (Lipinski definition) is 11. The molecule has 1 aliphatic heterocycles. The number of nitrogens with two attached hydrogens (primary N) is 1. The molecule has 3 heterocycles. The van der Waals surface area contributed by atoms with Crippen molar-refractivity contribution in [3.8, 4) is 5.75 Å². The lowest BCUT2D eigenvalue weighted by Gasteiger charge is -2.31. The van der Waals surface area contributed by atoms with Crippen LogP contribution >= 0.6 is 7.75 Å². The maximum Gasteiger partial charge on any atom is 0.459 e. The quantitative estimate of drug-likeness (QED) is 0.0196. The number of esters is 1. The molecule has 0 spiro atoms. The minimum atomic E-state index is -4.37. The summed E-state index contributed by atoms with van der Waals surface area (Å²) in [7, 11) is -4.37. The molecule has 0 aliphatic carbocycles. The molecule has 0 radical (unpaired) electrons. The van der Waals surface area contributed by atoms with Crippen molar-refractivity contribution >= 4 is 30.7 Å². The van der Waals surface area contributed by atoms with Crippen molar-refractivity contribution < 1.29 is 37.4 Å². The molecule has 61 heavy (non-hydrogen) atoms. The summed E-state index contributed by atoms with van der Waals surface area (Å²) in [6.07, 6.45) is 21.4. The number of hydrogen-bond donors (Lipinski definition) is 3. The third-order valence-corrected chi connectivity index (χ3v) is 12.9. The molecule has 1 unspecified atom stereocenters. The molecular weight excluding hydrogens is 799 g/mol. The normalized spacial score (nSPS) is 19.2. The molecule has 15 heteroatoms. The van der Waals surface area contributed by atoms with Crippen molar-refractivity contribution in [2.24, 2.45) is 0 Å². The Kier molecular flexibility index (Phi) is 19.9. The number of nitrogens with one attached hydrogen (secondary N) is 1. The van der Waals surface area contributed by atoms with Gasteiger partial charge in [0, 0.05) is 6.42 Å². The van der Waals surface area contributed by atoms with E-state index in [2.05, 4.69) is 27.0 Å². The fourth-order valence-corrected chi connectivity index (χ4v) is 9.31. The third kappa shape index (κ3) is 15.7. The number of halogens is 1. The number of unbranched alkanes of at least 4 members (excludes halogenated alkanes) is 17. The summed E-state index contributed by atoms with van der Waals surface area (Å²) in [4.78, 5) is 25.3. The van der Waals surface area contributed by atoms with E-state index < -0.39 is 50.4 Å². The summed E-state index contributed by atoms with van der Waals surface area (Å²) < 4.78 is 54.3. The van der Waals surface area contributed by atoms with Gasteiger partial charge in [0.25, 0.3) is 0 Å². The fourth-order valence-electron chi connectivity index (χ4n) is 7.72. The van der Waals surface area contributed by atoms with E-state index in [-0.39, 0.29) is 42.2 Å². The molecule has 0 saturated carbocycles. The van der Waals surface area contributed by atoms with Crippen LogP contribution in [0.15, 0.2) is 67.0 Å². The van der Waals surface area contributed by atoms with Crippen LogP contribution in [0.1, 0.15) is 148 Å². The summed E-state index contributed by atoms with van der Waals surface area (Å²) in [5.74, 6) is -0.473. The number of rotatable bonds is 30. The highest BCUT2D eigenvalue weighted by molar-refractivity contribution is 7.52. The molecule has 2 aromatic heterocycles. The van der Waals surface area contributed by atoms with Gasteiger partial charge in [-0.3, -0.25) is 13.9 Å². The van der Waals surface area contributed by atoms with Crippen LogP contribution in [0.4, 0.5) is 10.2 Å². The van der Waals surface area contributed by atoms with Gasteiger partial charge in [0.05, 0.1) is 25.6 Å². The number of aliphatic hydroxyl groups excluding tert-OH is 1. The van der Waals surface area contributed by atoms with Gasteiger partial charge in [0.1, 0.15) is 23.6 Å². The zero-order chi connectivity index (χ0) is 43.3. The van der Waals surface area contributed by atoms with Gasteiger partial charge in [0.15, 0.2) is 17.0 Å². The standard InChI is InChI=1S/C46H68FN6O7P/c1-3-4-5-6-7-8-9-10-11-12-13-14-15-16-17-18-19-26-31-57-44(55)38(32-36-27-22-20-23-28-36)52-61(56,60-37-29-24-21-25-30-37)58-34-46(2)39(54)33-40(59-46)53-35-49-41-42(48)50-45(47)51-43(41)53/h20-25,27-30,35,38-40,54H,3-19,26,31-34H2,1-2H3,(H,52,56)(H2,48,50,51)/t38-,39-,40+,46+,61?/m0/s1. The zero-order valence-electron chi connectivity index (χ0n) is 36.2. The van der Waals surface area contributed by atoms with Gasteiger partial charge in [-0.05, 0) is 37.5 Å². The molecule has 0 bridgehead atoms. The van der Waals surface area contributed by atoms with Crippen LogP contribution in [0.3, 0.4) is 0 Å². The van der Waals surface area contributed by atoms with Crippen molar-refractivity contribution in [3.63, 3.8) is 0 Å². The molecule has 4 aromatic rings. The lowest BCUT2D eigenvalue weighted by atomic mass is 10.0. The predicted octanol–water partition coefficient (Wildman–Crippen LogP) is 10.6. The monoisotopic (exact) mass is 866 g/mol. The first kappa shape index (κ1) is 48.1. The van der Waals surface area contributed by atoms with E-state index in [9.17, 15) is 18.9 Å². The Hall–Kier alpha value is -3.94. The summed E-state index contributed by atoms with van der Waals surface area (Å²) in [6.45, 7) is 3.69. The zero-order valence-corrected chi connectivity index (χ0v) is 37.1. The Morgan fingerprint density at radius 1 is 0.902 bits per heavy atom. The number of nitrogens with zero attached hydrogens (tertiary/aromatic N) is 4. The highest BCUT2D eigenvalue weighted by Crippen LogP contribution is 2.48. The Bertz CT molecular complexity index is 1920. The molecule has 1 aliphatic rings.